The largest absolute Gasteiger partial charge is 0.356 e. The summed E-state index contributed by atoms with van der Waals surface area (Å²) in [6.45, 7) is 9.42. The molecule has 0 amide bonds. The van der Waals surface area contributed by atoms with Gasteiger partial charge in [0.15, 0.2) is 0 Å². The zero-order valence-corrected chi connectivity index (χ0v) is 19.8. The van der Waals surface area contributed by atoms with E-state index in [2.05, 4.69) is 43.0 Å². The molecule has 0 fully saturated rings. The predicted molar refractivity (Wildman–Crippen MR) is 126 cm³/mol. The molecular formula is C26H52N2. The van der Waals surface area contributed by atoms with Gasteiger partial charge in [0.25, 0.3) is 0 Å². The molecule has 28 heavy (non-hydrogen) atoms. The Balaban J connectivity index is 2.24. The lowest BCUT2D eigenvalue weighted by atomic mass is 10.1. The minimum Gasteiger partial charge on any atom is -0.356 e. The van der Waals surface area contributed by atoms with E-state index in [0.29, 0.717) is 6.17 Å². The van der Waals surface area contributed by atoms with Gasteiger partial charge < -0.3 is 9.80 Å². The minimum absolute atomic E-state index is 0.646. The van der Waals surface area contributed by atoms with Gasteiger partial charge in [0.05, 0.1) is 0 Å². The molecule has 1 rings (SSSR count). The normalized spacial score (nSPS) is 16.5. The average molecular weight is 393 g/mol. The van der Waals surface area contributed by atoms with Crippen LogP contribution in [0.25, 0.3) is 0 Å². The summed E-state index contributed by atoms with van der Waals surface area (Å²) < 4.78 is 0. The Bertz CT molecular complexity index is 352. The van der Waals surface area contributed by atoms with Crippen molar-refractivity contribution in [2.75, 3.05) is 13.1 Å². The van der Waals surface area contributed by atoms with E-state index >= 15 is 0 Å². The van der Waals surface area contributed by atoms with E-state index < -0.39 is 0 Å². The molecule has 166 valence electrons. The summed E-state index contributed by atoms with van der Waals surface area (Å²) in [5.41, 5.74) is 0. The first kappa shape index (κ1) is 25.4. The van der Waals surface area contributed by atoms with Crippen molar-refractivity contribution in [3.8, 4) is 0 Å². The van der Waals surface area contributed by atoms with Crippen LogP contribution in [0.5, 0.6) is 0 Å². The van der Waals surface area contributed by atoms with Gasteiger partial charge in [0.2, 0.25) is 0 Å². The molecule has 2 heteroatoms. The lowest BCUT2D eigenvalue weighted by Crippen LogP contribution is -2.39. The van der Waals surface area contributed by atoms with Gasteiger partial charge in [-0.25, -0.2) is 0 Å². The standard InChI is InChI=1S/C26H52N2/c1-4-7-10-12-13-14-15-16-18-21-26-27(22-19-9-6-3)24-25-28(26)23-20-17-11-8-5-2/h24-26H,4-23H2,1-3H3. The predicted octanol–water partition coefficient (Wildman–Crippen LogP) is 8.48. The second kappa shape index (κ2) is 18.4. The smallest absolute Gasteiger partial charge is 0.101 e. The molecule has 0 aromatic heterocycles. The molecule has 1 aliphatic heterocycles. The van der Waals surface area contributed by atoms with Gasteiger partial charge in [-0.05, 0) is 25.7 Å². The third kappa shape index (κ3) is 12.0. The van der Waals surface area contributed by atoms with E-state index in [0.717, 1.165) is 0 Å². The quantitative estimate of drug-likeness (QED) is 0.192. The lowest BCUT2D eigenvalue weighted by Gasteiger charge is -2.33. The van der Waals surface area contributed by atoms with Crippen molar-refractivity contribution in [1.29, 1.82) is 0 Å². The summed E-state index contributed by atoms with van der Waals surface area (Å²) in [5, 5.41) is 0. The van der Waals surface area contributed by atoms with E-state index in [4.69, 9.17) is 0 Å². The highest BCUT2D eigenvalue weighted by Crippen LogP contribution is 2.23. The number of unbranched alkanes of at least 4 members (excludes halogenated alkanes) is 14. The molecule has 0 bridgehead atoms. The Labute approximate surface area is 178 Å². The van der Waals surface area contributed by atoms with Gasteiger partial charge in [0.1, 0.15) is 6.17 Å². The monoisotopic (exact) mass is 392 g/mol. The van der Waals surface area contributed by atoms with E-state index in [1.165, 1.54) is 129 Å². The zero-order chi connectivity index (χ0) is 20.3. The van der Waals surface area contributed by atoms with Crippen LogP contribution in [0.1, 0.15) is 136 Å². The average Bonchev–Trinajstić information content (AvgIpc) is 3.08. The number of hydrogen-bond donors (Lipinski definition) is 0. The maximum atomic E-state index is 2.66. The van der Waals surface area contributed by atoms with E-state index in [9.17, 15) is 0 Å². The number of rotatable bonds is 20. The molecule has 1 aliphatic rings. The van der Waals surface area contributed by atoms with Crippen molar-refractivity contribution in [2.24, 2.45) is 0 Å². The second-order valence-corrected chi connectivity index (χ2v) is 8.99. The van der Waals surface area contributed by atoms with Gasteiger partial charge in [-0.1, -0.05) is 111 Å². The summed E-state index contributed by atoms with van der Waals surface area (Å²) >= 11 is 0. The van der Waals surface area contributed by atoms with Gasteiger partial charge in [-0.3, -0.25) is 0 Å². The molecule has 1 atom stereocenters. The third-order valence-corrected chi connectivity index (χ3v) is 6.32. The first-order valence-electron chi connectivity index (χ1n) is 13.0. The first-order chi connectivity index (χ1) is 13.8. The van der Waals surface area contributed by atoms with Crippen LogP contribution in [0.2, 0.25) is 0 Å². The van der Waals surface area contributed by atoms with Crippen molar-refractivity contribution in [3.05, 3.63) is 12.4 Å². The van der Waals surface area contributed by atoms with Crippen molar-refractivity contribution in [2.45, 2.75) is 143 Å². The fraction of sp³-hybridized carbons (Fsp3) is 0.923. The highest BCUT2D eigenvalue weighted by molar-refractivity contribution is 4.96. The van der Waals surface area contributed by atoms with Crippen molar-refractivity contribution in [3.63, 3.8) is 0 Å². The van der Waals surface area contributed by atoms with Gasteiger partial charge in [-0.2, -0.15) is 0 Å². The SMILES string of the molecule is CCCCCCCCCCCC1N(CCCCC)C=CN1CCCCCCC. The summed E-state index contributed by atoms with van der Waals surface area (Å²) in [6.07, 6.45) is 30.6. The topological polar surface area (TPSA) is 6.48 Å². The number of hydrogen-bond acceptors (Lipinski definition) is 2. The molecule has 0 N–H and O–H groups in total. The summed E-state index contributed by atoms with van der Waals surface area (Å²) in [5.74, 6) is 0. The fourth-order valence-electron chi connectivity index (χ4n) is 4.42. The Morgan fingerprint density at radius 2 is 0.821 bits per heavy atom. The minimum atomic E-state index is 0.646. The van der Waals surface area contributed by atoms with Crippen LogP contribution in [0.3, 0.4) is 0 Å². The third-order valence-electron chi connectivity index (χ3n) is 6.32. The molecule has 0 saturated heterocycles. The van der Waals surface area contributed by atoms with Gasteiger partial charge in [-0.15, -0.1) is 0 Å². The fourth-order valence-corrected chi connectivity index (χ4v) is 4.42. The maximum Gasteiger partial charge on any atom is 0.101 e. The Morgan fingerprint density at radius 3 is 1.32 bits per heavy atom. The Hall–Kier alpha value is -0.660. The highest BCUT2D eigenvalue weighted by Gasteiger charge is 2.24. The molecule has 0 spiro atoms. The highest BCUT2D eigenvalue weighted by atomic mass is 15.4. The molecule has 0 aromatic rings. The summed E-state index contributed by atoms with van der Waals surface area (Å²) in [4.78, 5) is 5.30. The Kier molecular flexibility index (Phi) is 16.7. The molecule has 2 nitrogen and oxygen atoms in total. The van der Waals surface area contributed by atoms with Crippen molar-refractivity contribution in [1.82, 2.24) is 9.80 Å². The van der Waals surface area contributed by atoms with Crippen LogP contribution in [-0.2, 0) is 0 Å². The van der Waals surface area contributed by atoms with Crippen LogP contribution >= 0.6 is 0 Å². The molecule has 1 unspecified atom stereocenters. The van der Waals surface area contributed by atoms with Crippen LogP contribution in [0.15, 0.2) is 12.4 Å². The van der Waals surface area contributed by atoms with E-state index in [1.54, 1.807) is 0 Å². The summed E-state index contributed by atoms with van der Waals surface area (Å²) in [7, 11) is 0. The second-order valence-electron chi connectivity index (χ2n) is 8.99. The van der Waals surface area contributed by atoms with Crippen LogP contribution in [0.4, 0.5) is 0 Å². The Morgan fingerprint density at radius 1 is 0.464 bits per heavy atom. The molecule has 0 radical (unpaired) electrons. The lowest BCUT2D eigenvalue weighted by molar-refractivity contribution is 0.135. The van der Waals surface area contributed by atoms with Gasteiger partial charge >= 0.3 is 0 Å². The van der Waals surface area contributed by atoms with Gasteiger partial charge in [0, 0.05) is 25.5 Å². The zero-order valence-electron chi connectivity index (χ0n) is 19.8. The van der Waals surface area contributed by atoms with E-state index in [-0.39, 0.29) is 0 Å². The molecule has 0 saturated carbocycles. The van der Waals surface area contributed by atoms with Crippen molar-refractivity contribution >= 4 is 0 Å². The van der Waals surface area contributed by atoms with E-state index in [1.807, 2.05) is 0 Å². The molecule has 0 aromatic carbocycles. The molecular weight excluding hydrogens is 340 g/mol. The van der Waals surface area contributed by atoms with Crippen molar-refractivity contribution < 1.29 is 0 Å². The summed E-state index contributed by atoms with van der Waals surface area (Å²) in [6, 6.07) is 0. The maximum absolute atomic E-state index is 2.66. The molecule has 0 aliphatic carbocycles. The van der Waals surface area contributed by atoms with Crippen LogP contribution < -0.4 is 0 Å². The number of nitrogens with zero attached hydrogens (tertiary/aromatic N) is 2. The first-order valence-corrected chi connectivity index (χ1v) is 13.0. The van der Waals surface area contributed by atoms with Crippen LogP contribution in [-0.4, -0.2) is 29.1 Å². The van der Waals surface area contributed by atoms with Crippen LogP contribution in [0, 0.1) is 0 Å². The molecule has 1 heterocycles.